The van der Waals surface area contributed by atoms with Crippen LogP contribution < -0.4 is 4.90 Å². The fourth-order valence-corrected chi connectivity index (χ4v) is 9.47. The summed E-state index contributed by atoms with van der Waals surface area (Å²) in [5.74, 6) is 0. The van der Waals surface area contributed by atoms with Crippen molar-refractivity contribution >= 4 is 71.3 Å². The molecule has 60 heavy (non-hydrogen) atoms. The van der Waals surface area contributed by atoms with E-state index in [9.17, 15) is 0 Å². The number of hydrogen-bond donors (Lipinski definition) is 0. The summed E-state index contributed by atoms with van der Waals surface area (Å²) in [6, 6.07) is 71.1. The Labute approximate surface area is 350 Å². The molecule has 0 aliphatic carbocycles. The maximum Gasteiger partial charge on any atom is 0.143 e. The fraction of sp³-hybridized carbons (Fsp3) is 0.0690. The molecule has 0 aliphatic heterocycles. The average Bonchev–Trinajstić information content (AvgIpc) is 3.67. The van der Waals surface area contributed by atoms with Crippen molar-refractivity contribution in [2.75, 3.05) is 4.90 Å². The molecule has 0 radical (unpaired) electrons. The van der Waals surface area contributed by atoms with Crippen molar-refractivity contribution in [3.05, 3.63) is 211 Å². The largest absolute Gasteiger partial charge is 0.455 e. The lowest BCUT2D eigenvalue weighted by atomic mass is 9.93. The molecule has 0 saturated carbocycles. The highest BCUT2D eigenvalue weighted by Crippen LogP contribution is 2.45. The molecule has 0 N–H and O–H groups in total. The van der Waals surface area contributed by atoms with Crippen LogP contribution in [0.2, 0.25) is 0 Å². The molecule has 1 aromatic heterocycles. The highest BCUT2D eigenvalue weighted by Gasteiger charge is 2.20. The van der Waals surface area contributed by atoms with Crippen LogP contribution in [-0.4, -0.2) is 0 Å². The molecule has 2 heteroatoms. The highest BCUT2D eigenvalue weighted by atomic mass is 16.3. The van der Waals surface area contributed by atoms with E-state index in [0.717, 1.165) is 56.5 Å². The first-order valence-corrected chi connectivity index (χ1v) is 21.0. The minimum absolute atomic E-state index is 0.904. The van der Waals surface area contributed by atoms with Crippen LogP contribution in [0.5, 0.6) is 0 Å². The third-order valence-electron chi connectivity index (χ3n) is 12.4. The number of nitrogens with zero attached hydrogens (tertiary/aromatic N) is 1. The van der Waals surface area contributed by atoms with E-state index in [1.807, 2.05) is 6.07 Å². The average molecular weight is 770 g/mol. The normalized spacial score (nSPS) is 11.7. The van der Waals surface area contributed by atoms with E-state index in [-0.39, 0.29) is 0 Å². The second-order valence-electron chi connectivity index (χ2n) is 16.1. The summed E-state index contributed by atoms with van der Waals surface area (Å²) in [7, 11) is 0. The van der Waals surface area contributed by atoms with Crippen LogP contribution in [0.25, 0.3) is 87.6 Å². The van der Waals surface area contributed by atoms with E-state index in [1.54, 1.807) is 0 Å². The lowest BCUT2D eigenvalue weighted by molar-refractivity contribution is 0.669. The first-order valence-electron chi connectivity index (χ1n) is 21.0. The number of fused-ring (bicyclic) bond motifs is 7. The summed E-state index contributed by atoms with van der Waals surface area (Å²) >= 11 is 0. The van der Waals surface area contributed by atoms with Gasteiger partial charge in [-0.05, 0) is 128 Å². The zero-order valence-corrected chi connectivity index (χ0v) is 34.0. The zero-order valence-electron chi connectivity index (χ0n) is 34.0. The van der Waals surface area contributed by atoms with E-state index in [4.69, 9.17) is 4.42 Å². The van der Waals surface area contributed by atoms with Gasteiger partial charge in [-0.15, -0.1) is 0 Å². The molecule has 0 saturated heterocycles. The Balaban J connectivity index is 1.05. The molecule has 0 atom stereocenters. The maximum absolute atomic E-state index is 6.54. The summed E-state index contributed by atoms with van der Waals surface area (Å²) < 4.78 is 6.54. The van der Waals surface area contributed by atoms with Gasteiger partial charge in [-0.2, -0.15) is 0 Å². The number of anilines is 3. The van der Waals surface area contributed by atoms with Gasteiger partial charge in [0.1, 0.15) is 11.2 Å². The van der Waals surface area contributed by atoms with E-state index < -0.39 is 0 Å². The van der Waals surface area contributed by atoms with E-state index in [0.29, 0.717) is 0 Å². The summed E-state index contributed by atoms with van der Waals surface area (Å²) in [5, 5.41) is 9.82. The predicted molar refractivity (Wildman–Crippen MR) is 256 cm³/mol. The van der Waals surface area contributed by atoms with Crippen LogP contribution in [0.4, 0.5) is 17.1 Å². The zero-order chi connectivity index (χ0) is 40.3. The maximum atomic E-state index is 6.54. The van der Waals surface area contributed by atoms with Gasteiger partial charge in [-0.1, -0.05) is 165 Å². The minimum Gasteiger partial charge on any atom is -0.455 e. The molecule has 11 rings (SSSR count). The van der Waals surface area contributed by atoms with Crippen LogP contribution in [0.3, 0.4) is 0 Å². The quantitative estimate of drug-likeness (QED) is 0.150. The standard InChI is InChI=1S/C58H43NO/c1-4-39-36-46(30-33-47(39)42-21-23-43(24-22-42)49-18-11-14-40-12-5-7-15-48(40)49)59(55-35-37(2)34-54-50-16-8-6-13-41(50)27-32-51(54)55)45-28-25-44(26-29-45)57-38(3)20-31-53-52-17-9-10-19-56(52)60-58(53)57/h5-36H,4H2,1-3H3. The Morgan fingerprint density at radius 1 is 0.433 bits per heavy atom. The molecular weight excluding hydrogens is 727 g/mol. The lowest BCUT2D eigenvalue weighted by Crippen LogP contribution is -2.11. The molecule has 0 bridgehead atoms. The number of para-hydroxylation sites is 1. The van der Waals surface area contributed by atoms with Crippen molar-refractivity contribution in [3.63, 3.8) is 0 Å². The summed E-state index contributed by atoms with van der Waals surface area (Å²) in [5.41, 5.74) is 16.2. The first kappa shape index (κ1) is 35.7. The van der Waals surface area contributed by atoms with Crippen molar-refractivity contribution < 1.29 is 4.42 Å². The smallest absolute Gasteiger partial charge is 0.143 e. The molecule has 0 unspecified atom stereocenters. The van der Waals surface area contributed by atoms with E-state index in [2.05, 4.69) is 214 Å². The van der Waals surface area contributed by atoms with Crippen LogP contribution in [0, 0.1) is 13.8 Å². The highest BCUT2D eigenvalue weighted by molar-refractivity contribution is 6.13. The van der Waals surface area contributed by atoms with Crippen molar-refractivity contribution in [1.82, 2.24) is 0 Å². The molecule has 1 heterocycles. The van der Waals surface area contributed by atoms with Gasteiger partial charge in [0.25, 0.3) is 0 Å². The van der Waals surface area contributed by atoms with Gasteiger partial charge < -0.3 is 9.32 Å². The van der Waals surface area contributed by atoms with Crippen LogP contribution >= 0.6 is 0 Å². The molecular formula is C58H43NO. The monoisotopic (exact) mass is 769 g/mol. The number of furan rings is 1. The Morgan fingerprint density at radius 3 is 1.85 bits per heavy atom. The van der Waals surface area contributed by atoms with Crippen LogP contribution in [0.15, 0.2) is 199 Å². The third-order valence-corrected chi connectivity index (χ3v) is 12.4. The van der Waals surface area contributed by atoms with Crippen LogP contribution in [0.1, 0.15) is 23.6 Å². The van der Waals surface area contributed by atoms with Gasteiger partial charge in [0.05, 0.1) is 5.69 Å². The molecule has 11 aromatic rings. The van der Waals surface area contributed by atoms with Crippen molar-refractivity contribution in [2.24, 2.45) is 0 Å². The molecule has 2 nitrogen and oxygen atoms in total. The summed E-state index contributed by atoms with van der Waals surface area (Å²) in [6.07, 6.45) is 0.904. The number of rotatable bonds is 7. The fourth-order valence-electron chi connectivity index (χ4n) is 9.47. The minimum atomic E-state index is 0.904. The number of hydrogen-bond acceptors (Lipinski definition) is 2. The van der Waals surface area contributed by atoms with Gasteiger partial charge in [0, 0.05) is 33.1 Å². The Kier molecular flexibility index (Phi) is 8.60. The molecule has 0 spiro atoms. The first-order chi connectivity index (χ1) is 29.5. The van der Waals surface area contributed by atoms with Gasteiger partial charge in [-0.3, -0.25) is 0 Å². The van der Waals surface area contributed by atoms with E-state index >= 15 is 0 Å². The SMILES string of the molecule is CCc1cc(N(c2ccc(-c3c(C)ccc4c3oc3ccccc34)cc2)c2cc(C)cc3c2ccc2ccccc23)ccc1-c1ccc(-c2cccc3ccccc23)cc1. The van der Waals surface area contributed by atoms with Crippen LogP contribution in [-0.2, 0) is 6.42 Å². The Morgan fingerprint density at radius 2 is 1.07 bits per heavy atom. The third kappa shape index (κ3) is 5.95. The topological polar surface area (TPSA) is 16.4 Å². The second kappa shape index (κ2) is 14.4. The number of aryl methyl sites for hydroxylation is 3. The van der Waals surface area contributed by atoms with Gasteiger partial charge >= 0.3 is 0 Å². The van der Waals surface area contributed by atoms with Gasteiger partial charge in [0.2, 0.25) is 0 Å². The Bertz CT molecular complexity index is 3420. The summed E-state index contributed by atoms with van der Waals surface area (Å²) in [6.45, 7) is 6.66. The van der Waals surface area contributed by atoms with Gasteiger partial charge in [0.15, 0.2) is 0 Å². The second-order valence-corrected chi connectivity index (χ2v) is 16.1. The predicted octanol–water partition coefficient (Wildman–Crippen LogP) is 16.7. The molecule has 0 aliphatic rings. The number of benzene rings is 10. The van der Waals surface area contributed by atoms with Crippen molar-refractivity contribution in [3.8, 4) is 33.4 Å². The van der Waals surface area contributed by atoms with Crippen molar-refractivity contribution in [1.29, 1.82) is 0 Å². The van der Waals surface area contributed by atoms with Crippen molar-refractivity contribution in [2.45, 2.75) is 27.2 Å². The Hall–Kier alpha value is -7.42. The molecule has 10 aromatic carbocycles. The molecule has 0 fully saturated rings. The van der Waals surface area contributed by atoms with Gasteiger partial charge in [-0.25, -0.2) is 0 Å². The lowest BCUT2D eigenvalue weighted by Gasteiger charge is -2.29. The molecule has 0 amide bonds. The van der Waals surface area contributed by atoms with E-state index in [1.165, 1.54) is 71.3 Å². The molecule has 286 valence electrons. The summed E-state index contributed by atoms with van der Waals surface area (Å²) in [4.78, 5) is 2.45.